The fourth-order valence-electron chi connectivity index (χ4n) is 3.22. The Labute approximate surface area is 170 Å². The number of esters is 1. The van der Waals surface area contributed by atoms with E-state index in [4.69, 9.17) is 20.2 Å². The van der Waals surface area contributed by atoms with Crippen molar-refractivity contribution in [3.8, 4) is 0 Å². The third-order valence-corrected chi connectivity index (χ3v) is 4.68. The van der Waals surface area contributed by atoms with E-state index in [0.717, 1.165) is 34.8 Å². The molecule has 0 unspecified atom stereocenters. The molecule has 29 heavy (non-hydrogen) atoms. The van der Waals surface area contributed by atoms with Crippen LogP contribution in [0, 0.1) is 0 Å². The molecule has 3 rings (SSSR count). The van der Waals surface area contributed by atoms with E-state index in [1.807, 2.05) is 18.3 Å². The number of nitrogens with one attached hydrogen (secondary N) is 1. The summed E-state index contributed by atoms with van der Waals surface area (Å²) in [5, 5.41) is 6.37. The molecular formula is C22H28N4O3. The second kappa shape index (κ2) is 9.15. The summed E-state index contributed by atoms with van der Waals surface area (Å²) >= 11 is 0. The summed E-state index contributed by atoms with van der Waals surface area (Å²) in [6, 6.07) is 7.31. The number of methoxy groups -OCH3 is 1. The van der Waals surface area contributed by atoms with Gasteiger partial charge in [0, 0.05) is 35.2 Å². The number of hydrogen-bond acceptors (Lipinski definition) is 7. The van der Waals surface area contributed by atoms with Gasteiger partial charge in [-0.1, -0.05) is 6.07 Å². The lowest BCUT2D eigenvalue weighted by Gasteiger charge is -2.27. The van der Waals surface area contributed by atoms with E-state index >= 15 is 0 Å². The number of fused-ring (bicyclic) bond motifs is 3. The molecule has 2 aromatic heterocycles. The standard InChI is InChI=1S/C22H28N4O3/c1-22(2,14-29-11-5-4-9-23)26-20-17-8-10-24-13-18(17)16-7-6-15(21(27)28-3)12-19(16)25-20/h6-8,10,12-13H,4-5,9,11,14,23H2,1-3H3,(H,25,26). The van der Waals surface area contributed by atoms with Gasteiger partial charge >= 0.3 is 5.97 Å². The van der Waals surface area contributed by atoms with Crippen molar-refractivity contribution in [1.82, 2.24) is 9.97 Å². The van der Waals surface area contributed by atoms with Crippen molar-refractivity contribution >= 4 is 33.5 Å². The summed E-state index contributed by atoms with van der Waals surface area (Å²) in [7, 11) is 1.37. The van der Waals surface area contributed by atoms with Crippen LogP contribution >= 0.6 is 0 Å². The van der Waals surface area contributed by atoms with Crippen molar-refractivity contribution in [2.45, 2.75) is 32.2 Å². The molecule has 0 amide bonds. The molecule has 0 saturated carbocycles. The minimum Gasteiger partial charge on any atom is -0.465 e. The van der Waals surface area contributed by atoms with Crippen molar-refractivity contribution in [3.63, 3.8) is 0 Å². The van der Waals surface area contributed by atoms with Gasteiger partial charge in [0.1, 0.15) is 5.82 Å². The number of unbranched alkanes of at least 4 members (excludes halogenated alkanes) is 1. The average molecular weight is 396 g/mol. The van der Waals surface area contributed by atoms with Gasteiger partial charge in [-0.05, 0) is 51.4 Å². The summed E-state index contributed by atoms with van der Waals surface area (Å²) < 4.78 is 10.7. The maximum absolute atomic E-state index is 11.9. The minimum atomic E-state index is -0.388. The molecule has 7 heteroatoms. The number of hydrogen-bond donors (Lipinski definition) is 2. The number of carbonyl (C=O) groups excluding carboxylic acids is 1. The number of ether oxygens (including phenoxy) is 2. The molecule has 2 heterocycles. The quantitative estimate of drug-likeness (QED) is 0.324. The smallest absolute Gasteiger partial charge is 0.337 e. The first-order valence-electron chi connectivity index (χ1n) is 9.77. The van der Waals surface area contributed by atoms with Crippen LogP contribution in [0.5, 0.6) is 0 Å². The molecule has 154 valence electrons. The third kappa shape index (κ3) is 4.99. The molecule has 3 aromatic rings. The SMILES string of the molecule is COC(=O)c1ccc2c(c1)nc(NC(C)(C)COCCCCN)c1ccncc12. The van der Waals surface area contributed by atoms with E-state index in [0.29, 0.717) is 30.8 Å². The zero-order valence-corrected chi connectivity index (χ0v) is 17.2. The summed E-state index contributed by atoms with van der Waals surface area (Å²) in [6.07, 6.45) is 5.48. The Morgan fingerprint density at radius 1 is 1.17 bits per heavy atom. The lowest BCUT2D eigenvalue weighted by molar-refractivity contribution is 0.0601. The van der Waals surface area contributed by atoms with Crippen LogP contribution in [0.15, 0.2) is 36.7 Å². The van der Waals surface area contributed by atoms with Gasteiger partial charge in [-0.2, -0.15) is 0 Å². The van der Waals surface area contributed by atoms with Crippen LogP contribution in [-0.2, 0) is 9.47 Å². The molecule has 0 atom stereocenters. The van der Waals surface area contributed by atoms with Gasteiger partial charge in [0.2, 0.25) is 0 Å². The highest BCUT2D eigenvalue weighted by atomic mass is 16.5. The van der Waals surface area contributed by atoms with Crippen LogP contribution in [0.2, 0.25) is 0 Å². The van der Waals surface area contributed by atoms with Crippen LogP contribution in [0.1, 0.15) is 37.0 Å². The number of carbonyl (C=O) groups is 1. The monoisotopic (exact) mass is 396 g/mol. The lowest BCUT2D eigenvalue weighted by Crippen LogP contribution is -2.37. The summed E-state index contributed by atoms with van der Waals surface area (Å²) in [5.74, 6) is 0.341. The van der Waals surface area contributed by atoms with Crippen molar-refractivity contribution in [2.75, 3.05) is 32.2 Å². The van der Waals surface area contributed by atoms with Gasteiger partial charge in [0.15, 0.2) is 0 Å². The Morgan fingerprint density at radius 2 is 2.00 bits per heavy atom. The highest BCUT2D eigenvalue weighted by Crippen LogP contribution is 2.31. The molecule has 0 radical (unpaired) electrons. The number of rotatable bonds is 9. The Hall–Kier alpha value is -2.77. The van der Waals surface area contributed by atoms with Crippen LogP contribution < -0.4 is 11.1 Å². The second-order valence-electron chi connectivity index (χ2n) is 7.66. The first-order valence-corrected chi connectivity index (χ1v) is 9.77. The van der Waals surface area contributed by atoms with E-state index in [1.54, 1.807) is 18.3 Å². The molecule has 0 aliphatic rings. The fraction of sp³-hybridized carbons (Fsp3) is 0.409. The zero-order chi connectivity index (χ0) is 20.9. The third-order valence-electron chi connectivity index (χ3n) is 4.68. The topological polar surface area (TPSA) is 99.4 Å². The first-order chi connectivity index (χ1) is 13.9. The van der Waals surface area contributed by atoms with E-state index in [2.05, 4.69) is 24.1 Å². The number of nitrogens with two attached hydrogens (primary N) is 1. The van der Waals surface area contributed by atoms with Crippen LogP contribution in [0.3, 0.4) is 0 Å². The van der Waals surface area contributed by atoms with Gasteiger partial charge in [-0.15, -0.1) is 0 Å². The van der Waals surface area contributed by atoms with Crippen molar-refractivity contribution in [1.29, 1.82) is 0 Å². The molecule has 0 fully saturated rings. The predicted octanol–water partition coefficient (Wildman–Crippen LogP) is 3.52. The maximum atomic E-state index is 11.9. The van der Waals surface area contributed by atoms with Crippen LogP contribution in [0.25, 0.3) is 21.7 Å². The van der Waals surface area contributed by atoms with Crippen LogP contribution in [0.4, 0.5) is 5.82 Å². The average Bonchev–Trinajstić information content (AvgIpc) is 2.72. The molecule has 0 saturated heterocycles. The summed E-state index contributed by atoms with van der Waals surface area (Å²) in [4.78, 5) is 21.0. The number of pyridine rings is 2. The molecule has 0 bridgehead atoms. The summed E-state index contributed by atoms with van der Waals surface area (Å²) in [5.41, 5.74) is 6.36. The Kier molecular flexibility index (Phi) is 6.61. The minimum absolute atomic E-state index is 0.334. The highest BCUT2D eigenvalue weighted by molar-refractivity contribution is 6.11. The normalized spacial score (nSPS) is 11.7. The summed E-state index contributed by atoms with van der Waals surface area (Å²) in [6.45, 7) is 6.03. The maximum Gasteiger partial charge on any atom is 0.337 e. The molecular weight excluding hydrogens is 368 g/mol. The molecule has 7 nitrogen and oxygen atoms in total. The molecule has 0 spiro atoms. The Morgan fingerprint density at radius 3 is 2.76 bits per heavy atom. The van der Waals surface area contributed by atoms with Crippen molar-refractivity contribution < 1.29 is 14.3 Å². The number of nitrogens with zero attached hydrogens (tertiary/aromatic N) is 2. The first kappa shape index (κ1) is 21.0. The highest BCUT2D eigenvalue weighted by Gasteiger charge is 2.21. The predicted molar refractivity (Wildman–Crippen MR) is 115 cm³/mol. The Balaban J connectivity index is 1.93. The largest absolute Gasteiger partial charge is 0.465 e. The fourth-order valence-corrected chi connectivity index (χ4v) is 3.22. The second-order valence-corrected chi connectivity index (χ2v) is 7.66. The Bertz CT molecular complexity index is 1000. The molecule has 0 aliphatic carbocycles. The number of anilines is 1. The van der Waals surface area contributed by atoms with Crippen molar-refractivity contribution in [3.05, 3.63) is 42.2 Å². The lowest BCUT2D eigenvalue weighted by atomic mass is 10.0. The number of aromatic nitrogens is 2. The van der Waals surface area contributed by atoms with E-state index in [-0.39, 0.29) is 11.5 Å². The van der Waals surface area contributed by atoms with Gasteiger partial charge in [0.05, 0.1) is 30.3 Å². The van der Waals surface area contributed by atoms with E-state index < -0.39 is 0 Å². The van der Waals surface area contributed by atoms with Gasteiger partial charge in [0.25, 0.3) is 0 Å². The van der Waals surface area contributed by atoms with Crippen LogP contribution in [-0.4, -0.2) is 48.3 Å². The van der Waals surface area contributed by atoms with E-state index in [9.17, 15) is 4.79 Å². The molecule has 3 N–H and O–H groups in total. The van der Waals surface area contributed by atoms with E-state index in [1.165, 1.54) is 7.11 Å². The zero-order valence-electron chi connectivity index (χ0n) is 17.2. The van der Waals surface area contributed by atoms with Crippen molar-refractivity contribution in [2.24, 2.45) is 5.73 Å². The molecule has 0 aliphatic heterocycles. The van der Waals surface area contributed by atoms with Gasteiger partial charge < -0.3 is 20.5 Å². The number of benzene rings is 1. The van der Waals surface area contributed by atoms with Gasteiger partial charge in [-0.25, -0.2) is 9.78 Å². The molecule has 1 aromatic carbocycles. The van der Waals surface area contributed by atoms with Gasteiger partial charge in [-0.3, -0.25) is 4.98 Å².